The van der Waals surface area contributed by atoms with Crippen molar-refractivity contribution >= 4 is 5.97 Å². The summed E-state index contributed by atoms with van der Waals surface area (Å²) < 4.78 is 0. The van der Waals surface area contributed by atoms with Gasteiger partial charge in [-0.3, -0.25) is 9.69 Å². The van der Waals surface area contributed by atoms with Crippen LogP contribution in [0.25, 0.3) is 0 Å². The number of hydrogen-bond acceptors (Lipinski definition) is 3. The maximum atomic E-state index is 11.0. The molecule has 0 saturated carbocycles. The van der Waals surface area contributed by atoms with E-state index in [2.05, 4.69) is 23.3 Å². The van der Waals surface area contributed by atoms with Crippen LogP contribution < -0.4 is 5.32 Å². The summed E-state index contributed by atoms with van der Waals surface area (Å²) in [5, 5.41) is 12.7. The first-order valence-electron chi connectivity index (χ1n) is 7.86. The number of rotatable bonds is 5. The highest BCUT2D eigenvalue weighted by Crippen LogP contribution is 2.30. The Morgan fingerprint density at radius 3 is 2.48 bits per heavy atom. The molecule has 3 rings (SSSR count). The second kappa shape index (κ2) is 6.16. The maximum absolute atomic E-state index is 11.0. The predicted octanol–water partition coefficient (Wildman–Crippen LogP) is 2.03. The van der Waals surface area contributed by atoms with Gasteiger partial charge in [0.2, 0.25) is 0 Å². The van der Waals surface area contributed by atoms with Crippen LogP contribution in [0.4, 0.5) is 0 Å². The second-order valence-corrected chi connectivity index (χ2v) is 6.52. The molecule has 2 aliphatic rings. The van der Waals surface area contributed by atoms with Gasteiger partial charge in [0.05, 0.1) is 6.42 Å². The minimum atomic E-state index is -0.759. The zero-order valence-corrected chi connectivity index (χ0v) is 12.6. The van der Waals surface area contributed by atoms with Crippen molar-refractivity contribution in [3.8, 4) is 0 Å². The Labute approximate surface area is 126 Å². The first kappa shape index (κ1) is 14.5. The van der Waals surface area contributed by atoms with Crippen molar-refractivity contribution in [2.75, 3.05) is 7.05 Å². The monoisotopic (exact) mass is 288 g/mol. The third-order valence-electron chi connectivity index (χ3n) is 4.95. The molecule has 0 radical (unpaired) electrons. The summed E-state index contributed by atoms with van der Waals surface area (Å²) in [4.78, 5) is 13.4. The Bertz CT molecular complexity index is 505. The summed E-state index contributed by atoms with van der Waals surface area (Å²) in [5.74, 6) is -0.759. The summed E-state index contributed by atoms with van der Waals surface area (Å²) in [6.07, 6.45) is 5.17. The largest absolute Gasteiger partial charge is 0.481 e. The van der Waals surface area contributed by atoms with Gasteiger partial charge in [-0.2, -0.15) is 0 Å². The van der Waals surface area contributed by atoms with Gasteiger partial charge in [-0.25, -0.2) is 0 Å². The molecule has 1 aromatic rings. The SMILES string of the molecule is CN(Cc1ccccc1CC(=O)O)C1CC2CCC(C1)N2. The van der Waals surface area contributed by atoms with Gasteiger partial charge in [0.1, 0.15) is 0 Å². The molecule has 0 spiro atoms. The van der Waals surface area contributed by atoms with Crippen molar-refractivity contribution in [1.82, 2.24) is 10.2 Å². The van der Waals surface area contributed by atoms with Crippen molar-refractivity contribution in [2.45, 2.75) is 56.8 Å². The van der Waals surface area contributed by atoms with Crippen molar-refractivity contribution < 1.29 is 9.90 Å². The average molecular weight is 288 g/mol. The van der Waals surface area contributed by atoms with Crippen LogP contribution in [0.1, 0.15) is 36.8 Å². The van der Waals surface area contributed by atoms with Crippen molar-refractivity contribution in [2.24, 2.45) is 0 Å². The molecule has 21 heavy (non-hydrogen) atoms. The van der Waals surface area contributed by atoms with Crippen LogP contribution in [-0.2, 0) is 17.8 Å². The van der Waals surface area contributed by atoms with Gasteiger partial charge in [0.25, 0.3) is 0 Å². The van der Waals surface area contributed by atoms with Crippen molar-refractivity contribution in [3.63, 3.8) is 0 Å². The lowest BCUT2D eigenvalue weighted by atomic mass is 9.97. The Morgan fingerprint density at radius 2 is 1.86 bits per heavy atom. The molecule has 114 valence electrons. The van der Waals surface area contributed by atoms with Gasteiger partial charge in [0.15, 0.2) is 0 Å². The van der Waals surface area contributed by atoms with Crippen LogP contribution in [-0.4, -0.2) is 41.1 Å². The number of aliphatic carboxylic acids is 1. The highest BCUT2D eigenvalue weighted by Gasteiger charge is 2.35. The number of benzene rings is 1. The Morgan fingerprint density at radius 1 is 1.24 bits per heavy atom. The highest BCUT2D eigenvalue weighted by atomic mass is 16.4. The summed E-state index contributed by atoms with van der Waals surface area (Å²) in [7, 11) is 2.17. The second-order valence-electron chi connectivity index (χ2n) is 6.52. The molecule has 2 atom stereocenters. The summed E-state index contributed by atoms with van der Waals surface area (Å²) in [6.45, 7) is 0.841. The molecule has 0 aliphatic carbocycles. The number of carboxylic acids is 1. The minimum absolute atomic E-state index is 0.113. The molecule has 2 aliphatic heterocycles. The molecule has 0 aromatic heterocycles. The maximum Gasteiger partial charge on any atom is 0.307 e. The molecule has 2 unspecified atom stereocenters. The van der Waals surface area contributed by atoms with Crippen LogP contribution in [0, 0.1) is 0 Å². The van der Waals surface area contributed by atoms with E-state index in [1.54, 1.807) is 0 Å². The third-order valence-corrected chi connectivity index (χ3v) is 4.95. The molecule has 4 nitrogen and oxygen atoms in total. The highest BCUT2D eigenvalue weighted by molar-refractivity contribution is 5.70. The number of carboxylic acid groups (broad SMARTS) is 1. The number of nitrogens with one attached hydrogen (secondary N) is 1. The van der Waals surface area contributed by atoms with E-state index in [1.165, 1.54) is 25.7 Å². The zero-order valence-electron chi connectivity index (χ0n) is 12.6. The Balaban J connectivity index is 1.67. The topological polar surface area (TPSA) is 52.6 Å². The fraction of sp³-hybridized carbons (Fsp3) is 0.588. The molecule has 2 heterocycles. The van der Waals surface area contributed by atoms with E-state index in [4.69, 9.17) is 5.11 Å². The Hall–Kier alpha value is -1.39. The number of carbonyl (C=O) groups is 1. The van der Waals surface area contributed by atoms with Gasteiger partial charge in [0, 0.05) is 24.7 Å². The van der Waals surface area contributed by atoms with E-state index in [0.717, 1.165) is 17.7 Å². The molecular weight excluding hydrogens is 264 g/mol. The first-order chi connectivity index (χ1) is 10.1. The standard InChI is InChI=1S/C17H24N2O2/c1-19(16-9-14-6-7-15(10-16)18-14)11-13-5-3-2-4-12(13)8-17(20)21/h2-5,14-16,18H,6-11H2,1H3,(H,20,21). The van der Waals surface area contributed by atoms with Crippen LogP contribution in [0.3, 0.4) is 0 Å². The lowest BCUT2D eigenvalue weighted by Crippen LogP contribution is -2.46. The number of piperidine rings is 1. The Kier molecular flexibility index (Phi) is 4.27. The zero-order chi connectivity index (χ0) is 14.8. The fourth-order valence-corrected chi connectivity index (χ4v) is 3.83. The molecule has 1 aromatic carbocycles. The van der Waals surface area contributed by atoms with Crippen molar-refractivity contribution in [1.29, 1.82) is 0 Å². The lowest BCUT2D eigenvalue weighted by Gasteiger charge is -2.36. The van der Waals surface area contributed by atoms with Gasteiger partial charge in [-0.15, -0.1) is 0 Å². The summed E-state index contributed by atoms with van der Waals surface area (Å²) >= 11 is 0. The average Bonchev–Trinajstić information content (AvgIpc) is 2.79. The van der Waals surface area contributed by atoms with E-state index in [-0.39, 0.29) is 6.42 Å². The van der Waals surface area contributed by atoms with Gasteiger partial charge in [-0.1, -0.05) is 24.3 Å². The molecule has 0 amide bonds. The minimum Gasteiger partial charge on any atom is -0.481 e. The summed E-state index contributed by atoms with van der Waals surface area (Å²) in [6, 6.07) is 9.90. The third kappa shape index (κ3) is 3.44. The van der Waals surface area contributed by atoms with Crippen LogP contribution in [0.15, 0.2) is 24.3 Å². The smallest absolute Gasteiger partial charge is 0.307 e. The van der Waals surface area contributed by atoms with Gasteiger partial charge >= 0.3 is 5.97 Å². The molecule has 2 fully saturated rings. The number of nitrogens with zero attached hydrogens (tertiary/aromatic N) is 1. The van der Waals surface area contributed by atoms with Crippen LogP contribution in [0.5, 0.6) is 0 Å². The predicted molar refractivity (Wildman–Crippen MR) is 82.2 cm³/mol. The first-order valence-corrected chi connectivity index (χ1v) is 7.86. The van der Waals surface area contributed by atoms with E-state index < -0.39 is 5.97 Å². The van der Waals surface area contributed by atoms with E-state index >= 15 is 0 Å². The lowest BCUT2D eigenvalue weighted by molar-refractivity contribution is -0.136. The van der Waals surface area contributed by atoms with Gasteiger partial charge < -0.3 is 10.4 Å². The number of hydrogen-bond donors (Lipinski definition) is 2. The quantitative estimate of drug-likeness (QED) is 0.870. The summed E-state index contributed by atoms with van der Waals surface area (Å²) in [5.41, 5.74) is 2.09. The van der Waals surface area contributed by atoms with Crippen molar-refractivity contribution in [3.05, 3.63) is 35.4 Å². The number of fused-ring (bicyclic) bond motifs is 2. The fourth-order valence-electron chi connectivity index (χ4n) is 3.83. The molecule has 2 saturated heterocycles. The van der Waals surface area contributed by atoms with E-state index in [1.807, 2.05) is 18.2 Å². The van der Waals surface area contributed by atoms with Crippen LogP contribution in [0.2, 0.25) is 0 Å². The normalized spacial score (nSPS) is 28.0. The van der Waals surface area contributed by atoms with Crippen LogP contribution >= 0.6 is 0 Å². The molecule has 2 N–H and O–H groups in total. The molecular formula is C17H24N2O2. The molecule has 2 bridgehead atoms. The van der Waals surface area contributed by atoms with Gasteiger partial charge in [-0.05, 0) is 43.9 Å². The van der Waals surface area contributed by atoms with E-state index in [0.29, 0.717) is 18.1 Å². The van der Waals surface area contributed by atoms with E-state index in [9.17, 15) is 4.79 Å². The molecule has 4 heteroatoms.